The van der Waals surface area contributed by atoms with Gasteiger partial charge in [-0.25, -0.2) is 0 Å². The monoisotopic (exact) mass is 185 g/mol. The summed E-state index contributed by atoms with van der Waals surface area (Å²) in [6.45, 7) is 0.144. The van der Waals surface area contributed by atoms with Gasteiger partial charge < -0.3 is 4.74 Å². The Hall–Kier alpha value is -1.90. The van der Waals surface area contributed by atoms with E-state index in [1.54, 1.807) is 6.20 Å². The average molecular weight is 185 g/mol. The highest BCUT2D eigenvalue weighted by Crippen LogP contribution is 2.30. The quantitative estimate of drug-likeness (QED) is 0.628. The normalized spacial score (nSPS) is 14.1. The van der Waals surface area contributed by atoms with Gasteiger partial charge in [0.2, 0.25) is 5.78 Å². The lowest BCUT2D eigenvalue weighted by atomic mass is 10.1. The van der Waals surface area contributed by atoms with Crippen molar-refractivity contribution in [3.8, 4) is 5.75 Å². The summed E-state index contributed by atoms with van der Waals surface area (Å²) in [6, 6.07) is 7.59. The Bertz CT molecular complexity index is 534. The Morgan fingerprint density at radius 3 is 3.07 bits per heavy atom. The number of rotatable bonds is 0. The molecule has 3 heteroatoms. The zero-order valence-corrected chi connectivity index (χ0v) is 7.36. The molecule has 1 aromatic carbocycles. The van der Waals surface area contributed by atoms with Crippen molar-refractivity contribution in [2.24, 2.45) is 0 Å². The molecule has 68 valence electrons. The molecule has 0 spiro atoms. The standard InChI is InChI=1S/C11H7NO2/c13-9-6-14-10-5-12-8-4-2-1-3-7(8)11(9)10/h1-5H,6H2. The highest BCUT2D eigenvalue weighted by molar-refractivity contribution is 6.12. The van der Waals surface area contributed by atoms with Crippen molar-refractivity contribution in [3.05, 3.63) is 36.0 Å². The van der Waals surface area contributed by atoms with Crippen LogP contribution in [-0.4, -0.2) is 17.4 Å². The Labute approximate surface area is 80.3 Å². The van der Waals surface area contributed by atoms with Crippen molar-refractivity contribution in [2.75, 3.05) is 6.61 Å². The number of benzene rings is 1. The highest BCUT2D eigenvalue weighted by atomic mass is 16.5. The van der Waals surface area contributed by atoms with E-state index in [4.69, 9.17) is 4.74 Å². The van der Waals surface area contributed by atoms with Gasteiger partial charge in [0, 0.05) is 5.39 Å². The third-order valence-corrected chi connectivity index (χ3v) is 2.38. The van der Waals surface area contributed by atoms with Gasteiger partial charge in [-0.1, -0.05) is 18.2 Å². The van der Waals surface area contributed by atoms with Crippen molar-refractivity contribution in [3.63, 3.8) is 0 Å². The van der Waals surface area contributed by atoms with Gasteiger partial charge in [-0.3, -0.25) is 9.78 Å². The third kappa shape index (κ3) is 0.865. The van der Waals surface area contributed by atoms with Gasteiger partial charge in [-0.15, -0.1) is 0 Å². The van der Waals surface area contributed by atoms with Crippen LogP contribution in [0.5, 0.6) is 5.75 Å². The topological polar surface area (TPSA) is 39.2 Å². The lowest BCUT2D eigenvalue weighted by Crippen LogP contribution is -1.99. The van der Waals surface area contributed by atoms with E-state index in [2.05, 4.69) is 4.98 Å². The van der Waals surface area contributed by atoms with Crippen LogP contribution in [0, 0.1) is 0 Å². The summed E-state index contributed by atoms with van der Waals surface area (Å²) in [6.07, 6.45) is 1.61. The number of carbonyl (C=O) groups excluding carboxylic acids is 1. The molecule has 3 rings (SSSR count). The van der Waals surface area contributed by atoms with Crippen molar-refractivity contribution < 1.29 is 9.53 Å². The SMILES string of the molecule is O=C1COc2cnc3ccccc3c21. The maximum atomic E-state index is 11.5. The van der Waals surface area contributed by atoms with Crippen LogP contribution in [0.3, 0.4) is 0 Å². The summed E-state index contributed by atoms with van der Waals surface area (Å²) in [5.74, 6) is 0.646. The van der Waals surface area contributed by atoms with Crippen molar-refractivity contribution in [1.82, 2.24) is 4.98 Å². The second-order valence-corrected chi connectivity index (χ2v) is 3.23. The van der Waals surface area contributed by atoms with Crippen LogP contribution in [0.2, 0.25) is 0 Å². The molecule has 0 bridgehead atoms. The Morgan fingerprint density at radius 1 is 1.29 bits per heavy atom. The van der Waals surface area contributed by atoms with Crippen molar-refractivity contribution in [1.29, 1.82) is 0 Å². The predicted molar refractivity (Wildman–Crippen MR) is 51.6 cm³/mol. The predicted octanol–water partition coefficient (Wildman–Crippen LogP) is 1.81. The molecule has 0 fully saturated rings. The fourth-order valence-electron chi connectivity index (χ4n) is 1.74. The van der Waals surface area contributed by atoms with Crippen LogP contribution >= 0.6 is 0 Å². The van der Waals surface area contributed by atoms with E-state index in [0.717, 1.165) is 10.9 Å². The molecular weight excluding hydrogens is 178 g/mol. The number of hydrogen-bond donors (Lipinski definition) is 0. The molecule has 1 aliphatic heterocycles. The first kappa shape index (κ1) is 7.50. The van der Waals surface area contributed by atoms with Gasteiger partial charge in [0.25, 0.3) is 0 Å². The number of nitrogens with zero attached hydrogens (tertiary/aromatic N) is 1. The lowest BCUT2D eigenvalue weighted by Gasteiger charge is -2.00. The number of fused-ring (bicyclic) bond motifs is 3. The van der Waals surface area contributed by atoms with Crippen molar-refractivity contribution in [2.45, 2.75) is 0 Å². The van der Waals surface area contributed by atoms with Crippen molar-refractivity contribution >= 4 is 16.7 Å². The van der Waals surface area contributed by atoms with Crippen LogP contribution in [0.1, 0.15) is 10.4 Å². The molecule has 0 radical (unpaired) electrons. The van der Waals surface area contributed by atoms with E-state index in [1.165, 1.54) is 0 Å². The summed E-state index contributed by atoms with van der Waals surface area (Å²) in [4.78, 5) is 15.7. The van der Waals surface area contributed by atoms with E-state index in [1.807, 2.05) is 24.3 Å². The van der Waals surface area contributed by atoms with E-state index in [0.29, 0.717) is 11.3 Å². The van der Waals surface area contributed by atoms with E-state index >= 15 is 0 Å². The number of ether oxygens (including phenoxy) is 1. The van der Waals surface area contributed by atoms with Gasteiger partial charge in [-0.05, 0) is 6.07 Å². The fourth-order valence-corrected chi connectivity index (χ4v) is 1.74. The fraction of sp³-hybridized carbons (Fsp3) is 0.0909. The molecule has 0 aliphatic carbocycles. The number of ketones is 1. The molecule has 0 N–H and O–H groups in total. The molecule has 0 unspecified atom stereocenters. The van der Waals surface area contributed by atoms with E-state index in [9.17, 15) is 4.79 Å². The molecule has 0 amide bonds. The Morgan fingerprint density at radius 2 is 2.14 bits per heavy atom. The first-order valence-electron chi connectivity index (χ1n) is 4.40. The highest BCUT2D eigenvalue weighted by Gasteiger charge is 2.23. The number of hydrogen-bond acceptors (Lipinski definition) is 3. The molecule has 0 atom stereocenters. The number of para-hydroxylation sites is 1. The summed E-state index contributed by atoms with van der Waals surface area (Å²) in [7, 11) is 0. The molecule has 1 aromatic heterocycles. The van der Waals surface area contributed by atoms with Gasteiger partial charge in [0.1, 0.15) is 5.75 Å². The largest absolute Gasteiger partial charge is 0.483 e. The van der Waals surface area contributed by atoms with Crippen LogP contribution in [0.4, 0.5) is 0 Å². The molecule has 2 aromatic rings. The number of carbonyl (C=O) groups is 1. The van der Waals surface area contributed by atoms with E-state index in [-0.39, 0.29) is 12.4 Å². The summed E-state index contributed by atoms with van der Waals surface area (Å²) >= 11 is 0. The van der Waals surface area contributed by atoms with Crippen LogP contribution < -0.4 is 4.74 Å². The van der Waals surface area contributed by atoms with Gasteiger partial charge in [-0.2, -0.15) is 0 Å². The molecule has 2 heterocycles. The number of aromatic nitrogens is 1. The first-order valence-corrected chi connectivity index (χ1v) is 4.40. The molecule has 3 nitrogen and oxygen atoms in total. The lowest BCUT2D eigenvalue weighted by molar-refractivity contribution is 0.0962. The Kier molecular flexibility index (Phi) is 1.36. The minimum Gasteiger partial charge on any atom is -0.483 e. The Balaban J connectivity index is 2.47. The average Bonchev–Trinajstić information content (AvgIpc) is 2.61. The summed E-state index contributed by atoms with van der Waals surface area (Å²) in [5.41, 5.74) is 1.51. The second kappa shape index (κ2) is 2.54. The van der Waals surface area contributed by atoms with Gasteiger partial charge in [0.15, 0.2) is 6.61 Å². The summed E-state index contributed by atoms with van der Waals surface area (Å²) < 4.78 is 5.21. The number of pyridine rings is 1. The maximum absolute atomic E-state index is 11.5. The zero-order valence-electron chi connectivity index (χ0n) is 7.36. The molecule has 14 heavy (non-hydrogen) atoms. The molecule has 1 aliphatic rings. The van der Waals surface area contributed by atoms with E-state index < -0.39 is 0 Å². The van der Waals surface area contributed by atoms with Crippen LogP contribution in [-0.2, 0) is 0 Å². The molecular formula is C11H7NO2. The molecule has 0 saturated carbocycles. The first-order chi connectivity index (χ1) is 6.86. The summed E-state index contributed by atoms with van der Waals surface area (Å²) in [5, 5.41) is 0.882. The van der Waals surface area contributed by atoms with Gasteiger partial charge in [0.05, 0.1) is 17.3 Å². The van der Waals surface area contributed by atoms with Crippen LogP contribution in [0.15, 0.2) is 30.5 Å². The molecule has 0 saturated heterocycles. The minimum atomic E-state index is 0.0404. The third-order valence-electron chi connectivity index (χ3n) is 2.38. The van der Waals surface area contributed by atoms with Crippen LogP contribution in [0.25, 0.3) is 10.9 Å². The smallest absolute Gasteiger partial charge is 0.204 e. The minimum absolute atomic E-state index is 0.0404. The maximum Gasteiger partial charge on any atom is 0.204 e. The van der Waals surface area contributed by atoms with Gasteiger partial charge >= 0.3 is 0 Å². The zero-order chi connectivity index (χ0) is 9.54. The second-order valence-electron chi connectivity index (χ2n) is 3.23. The number of Topliss-reactive ketones (excluding diaryl/α,β-unsaturated/α-hetero) is 1.